The van der Waals surface area contributed by atoms with Gasteiger partial charge in [-0.25, -0.2) is 4.79 Å². The summed E-state index contributed by atoms with van der Waals surface area (Å²) in [6, 6.07) is 6.45. The van der Waals surface area contributed by atoms with E-state index in [1.54, 1.807) is 30.3 Å². The summed E-state index contributed by atoms with van der Waals surface area (Å²) < 4.78 is 4.62. The van der Waals surface area contributed by atoms with Gasteiger partial charge < -0.3 is 15.0 Å². The topological polar surface area (TPSA) is 75.7 Å². The first-order chi connectivity index (χ1) is 10.5. The van der Waals surface area contributed by atoms with Gasteiger partial charge in [-0.1, -0.05) is 6.08 Å². The quantitative estimate of drug-likeness (QED) is 0.612. The largest absolute Gasteiger partial charge is 0.465 e. The van der Waals surface area contributed by atoms with Crippen molar-refractivity contribution in [2.75, 3.05) is 25.1 Å². The van der Waals surface area contributed by atoms with Crippen LogP contribution in [0.5, 0.6) is 0 Å². The van der Waals surface area contributed by atoms with Gasteiger partial charge in [0.2, 0.25) is 11.8 Å². The minimum Gasteiger partial charge on any atom is -0.465 e. The minimum atomic E-state index is -0.440. The second kappa shape index (κ2) is 8.61. The van der Waals surface area contributed by atoms with E-state index in [0.717, 1.165) is 0 Å². The molecular weight excluding hydrogens is 284 g/mol. The maximum absolute atomic E-state index is 11.7. The molecule has 0 radical (unpaired) electrons. The number of nitrogens with one attached hydrogen (secondary N) is 1. The van der Waals surface area contributed by atoms with Crippen molar-refractivity contribution in [3.8, 4) is 0 Å². The van der Waals surface area contributed by atoms with E-state index in [2.05, 4.69) is 16.6 Å². The number of hydrogen-bond acceptors (Lipinski definition) is 4. The molecule has 2 amide bonds. The molecule has 6 nitrogen and oxygen atoms in total. The highest BCUT2D eigenvalue weighted by molar-refractivity contribution is 5.94. The number of amides is 2. The van der Waals surface area contributed by atoms with Crippen molar-refractivity contribution in [3.63, 3.8) is 0 Å². The third-order valence-corrected chi connectivity index (χ3v) is 2.99. The highest BCUT2D eigenvalue weighted by Gasteiger charge is 2.14. The van der Waals surface area contributed by atoms with E-state index in [1.165, 1.54) is 18.9 Å². The molecule has 0 bridgehead atoms. The molecule has 0 atom stereocenters. The van der Waals surface area contributed by atoms with Crippen molar-refractivity contribution in [2.24, 2.45) is 0 Å². The highest BCUT2D eigenvalue weighted by Crippen LogP contribution is 2.16. The van der Waals surface area contributed by atoms with Crippen molar-refractivity contribution in [1.29, 1.82) is 0 Å². The smallest absolute Gasteiger partial charge is 0.337 e. The van der Waals surface area contributed by atoms with Crippen LogP contribution in [0.25, 0.3) is 0 Å². The lowest BCUT2D eigenvalue weighted by Crippen LogP contribution is -2.33. The summed E-state index contributed by atoms with van der Waals surface area (Å²) >= 11 is 0. The second-order valence-electron chi connectivity index (χ2n) is 4.55. The Morgan fingerprint density at radius 1 is 1.27 bits per heavy atom. The van der Waals surface area contributed by atoms with Crippen LogP contribution in [-0.4, -0.2) is 38.0 Å². The number of nitrogens with zero attached hydrogens (tertiary/aromatic N) is 1. The molecule has 0 aliphatic heterocycles. The lowest BCUT2D eigenvalue weighted by molar-refractivity contribution is -0.120. The molecule has 0 saturated carbocycles. The van der Waals surface area contributed by atoms with Crippen molar-refractivity contribution in [1.82, 2.24) is 5.32 Å². The number of carbonyl (C=O) groups is 3. The standard InChI is InChI=1S/C16H20N2O4/c1-4-10-17-15(20)9-11-18(12(2)19)14-7-5-13(6-8-14)16(21)22-3/h4-8H,1,9-11H2,2-3H3,(H,17,20). The average Bonchev–Trinajstić information content (AvgIpc) is 2.52. The molecule has 0 aromatic heterocycles. The number of esters is 1. The van der Waals surface area contributed by atoms with Gasteiger partial charge in [-0.15, -0.1) is 6.58 Å². The fraction of sp³-hybridized carbons (Fsp3) is 0.312. The van der Waals surface area contributed by atoms with Gasteiger partial charge in [-0.3, -0.25) is 9.59 Å². The second-order valence-corrected chi connectivity index (χ2v) is 4.55. The number of benzene rings is 1. The molecule has 0 unspecified atom stereocenters. The Morgan fingerprint density at radius 3 is 2.41 bits per heavy atom. The van der Waals surface area contributed by atoms with E-state index in [4.69, 9.17) is 0 Å². The third kappa shape index (κ3) is 5.05. The zero-order chi connectivity index (χ0) is 16.5. The molecule has 0 aliphatic rings. The van der Waals surface area contributed by atoms with Gasteiger partial charge in [0.25, 0.3) is 0 Å². The van der Waals surface area contributed by atoms with E-state index in [9.17, 15) is 14.4 Å². The van der Waals surface area contributed by atoms with Gasteiger partial charge in [0, 0.05) is 32.1 Å². The van der Waals surface area contributed by atoms with Crippen LogP contribution in [0.2, 0.25) is 0 Å². The number of methoxy groups -OCH3 is 1. The molecule has 0 spiro atoms. The first kappa shape index (κ1) is 17.4. The third-order valence-electron chi connectivity index (χ3n) is 2.99. The van der Waals surface area contributed by atoms with E-state index in [1.807, 2.05) is 0 Å². The number of anilines is 1. The highest BCUT2D eigenvalue weighted by atomic mass is 16.5. The number of carbonyl (C=O) groups excluding carboxylic acids is 3. The molecule has 118 valence electrons. The Kier molecular flexibility index (Phi) is 6.82. The van der Waals surface area contributed by atoms with Gasteiger partial charge in [-0.2, -0.15) is 0 Å². The van der Waals surface area contributed by atoms with Gasteiger partial charge in [0.05, 0.1) is 12.7 Å². The Labute approximate surface area is 129 Å². The van der Waals surface area contributed by atoms with Gasteiger partial charge >= 0.3 is 5.97 Å². The Bertz CT molecular complexity index is 552. The van der Waals surface area contributed by atoms with Gasteiger partial charge in [0.15, 0.2) is 0 Å². The monoisotopic (exact) mass is 304 g/mol. The normalized spacial score (nSPS) is 9.73. The summed E-state index contributed by atoms with van der Waals surface area (Å²) in [6.07, 6.45) is 1.78. The summed E-state index contributed by atoms with van der Waals surface area (Å²) in [5.74, 6) is -0.774. The molecule has 0 aliphatic carbocycles. The van der Waals surface area contributed by atoms with E-state index < -0.39 is 5.97 Å². The van der Waals surface area contributed by atoms with Crippen LogP contribution in [0.4, 0.5) is 5.69 Å². The zero-order valence-electron chi connectivity index (χ0n) is 12.8. The van der Waals surface area contributed by atoms with Crippen molar-refractivity contribution in [2.45, 2.75) is 13.3 Å². The number of ether oxygens (including phenoxy) is 1. The molecule has 1 aromatic carbocycles. The van der Waals surface area contributed by atoms with Gasteiger partial charge in [0.1, 0.15) is 0 Å². The Balaban J connectivity index is 2.74. The SMILES string of the molecule is C=CCNC(=O)CCN(C(C)=O)c1ccc(C(=O)OC)cc1. The Hall–Kier alpha value is -2.63. The van der Waals surface area contributed by atoms with Crippen molar-refractivity contribution < 1.29 is 19.1 Å². The van der Waals surface area contributed by atoms with Crippen LogP contribution >= 0.6 is 0 Å². The lowest BCUT2D eigenvalue weighted by atomic mass is 10.2. The van der Waals surface area contributed by atoms with E-state index in [-0.39, 0.29) is 24.8 Å². The molecule has 1 N–H and O–H groups in total. The fourth-order valence-corrected chi connectivity index (χ4v) is 1.85. The van der Waals surface area contributed by atoms with Crippen LogP contribution in [0.3, 0.4) is 0 Å². The lowest BCUT2D eigenvalue weighted by Gasteiger charge is -2.21. The molecule has 1 aromatic rings. The molecule has 0 fully saturated rings. The van der Waals surface area contributed by atoms with Gasteiger partial charge in [-0.05, 0) is 24.3 Å². The van der Waals surface area contributed by atoms with Crippen LogP contribution in [0.15, 0.2) is 36.9 Å². The van der Waals surface area contributed by atoms with E-state index >= 15 is 0 Å². The maximum Gasteiger partial charge on any atom is 0.337 e. The molecule has 0 heterocycles. The van der Waals surface area contributed by atoms with Crippen molar-refractivity contribution in [3.05, 3.63) is 42.5 Å². The Morgan fingerprint density at radius 2 is 1.91 bits per heavy atom. The molecule has 0 saturated heterocycles. The van der Waals surface area contributed by atoms with Crippen LogP contribution in [0, 0.1) is 0 Å². The summed E-state index contributed by atoms with van der Waals surface area (Å²) in [5, 5.41) is 2.65. The van der Waals surface area contributed by atoms with E-state index in [0.29, 0.717) is 17.8 Å². The molecule has 22 heavy (non-hydrogen) atoms. The van der Waals surface area contributed by atoms with Crippen LogP contribution < -0.4 is 10.2 Å². The first-order valence-electron chi connectivity index (χ1n) is 6.83. The predicted molar refractivity (Wildman–Crippen MR) is 83.6 cm³/mol. The molecule has 6 heteroatoms. The first-order valence-corrected chi connectivity index (χ1v) is 6.83. The maximum atomic E-state index is 11.7. The minimum absolute atomic E-state index is 0.155. The predicted octanol–water partition coefficient (Wildman–Crippen LogP) is 1.52. The molecular formula is C16H20N2O4. The summed E-state index contributed by atoms with van der Waals surface area (Å²) in [4.78, 5) is 36.2. The number of hydrogen-bond donors (Lipinski definition) is 1. The van der Waals surface area contributed by atoms with Crippen LogP contribution in [0.1, 0.15) is 23.7 Å². The number of rotatable bonds is 7. The van der Waals surface area contributed by atoms with Crippen LogP contribution in [-0.2, 0) is 14.3 Å². The fourth-order valence-electron chi connectivity index (χ4n) is 1.85. The summed E-state index contributed by atoms with van der Waals surface area (Å²) in [7, 11) is 1.31. The molecule has 1 rings (SSSR count). The van der Waals surface area contributed by atoms with Crippen molar-refractivity contribution >= 4 is 23.5 Å². The summed E-state index contributed by atoms with van der Waals surface area (Å²) in [5.41, 5.74) is 1.02. The zero-order valence-corrected chi connectivity index (χ0v) is 12.8. The summed E-state index contributed by atoms with van der Waals surface area (Å²) in [6.45, 7) is 5.60. The average molecular weight is 304 g/mol.